The fourth-order valence-electron chi connectivity index (χ4n) is 3.30. The summed E-state index contributed by atoms with van der Waals surface area (Å²) in [5.41, 5.74) is -0.0137. The summed E-state index contributed by atoms with van der Waals surface area (Å²) in [6.07, 6.45) is 5.26. The molecule has 0 unspecified atom stereocenters. The molecule has 0 spiro atoms. The van der Waals surface area contributed by atoms with E-state index in [9.17, 15) is 5.11 Å². The highest BCUT2D eigenvalue weighted by atomic mass is 16.5. The van der Waals surface area contributed by atoms with Crippen LogP contribution in [0.5, 0.6) is 11.5 Å². The van der Waals surface area contributed by atoms with Crippen molar-refractivity contribution in [2.24, 2.45) is 0 Å². The summed E-state index contributed by atoms with van der Waals surface area (Å²) < 4.78 is 11.4. The Hall–Kier alpha value is -2.58. The average Bonchev–Trinajstić information content (AvgIpc) is 3.23. The van der Waals surface area contributed by atoms with Gasteiger partial charge in [-0.3, -0.25) is 0 Å². The highest BCUT2D eigenvalue weighted by Gasteiger charge is 2.13. The molecule has 0 amide bonds. The number of hydrogen-bond donors (Lipinski definition) is 3. The first-order valence-electron chi connectivity index (χ1n) is 10.5. The standard InChI is InChI=1S/C22H33N5O3/c1-22(2,28)16-24-20-9-10-23-21(26-20)25-17-7-8-18(29-3)19(15-17)30-14-6-13-27-11-4-5-12-27/h7-10,15,28H,4-6,11-14,16H2,1-3H3,(H2,23,24,25,26). The van der Waals surface area contributed by atoms with Crippen LogP contribution in [0.15, 0.2) is 30.5 Å². The third-order valence-electron chi connectivity index (χ3n) is 4.85. The summed E-state index contributed by atoms with van der Waals surface area (Å²) in [6, 6.07) is 7.43. The van der Waals surface area contributed by atoms with Crippen LogP contribution in [0.3, 0.4) is 0 Å². The van der Waals surface area contributed by atoms with E-state index >= 15 is 0 Å². The first kappa shape index (κ1) is 22.1. The van der Waals surface area contributed by atoms with Crippen LogP contribution < -0.4 is 20.1 Å². The maximum absolute atomic E-state index is 9.86. The second-order valence-corrected chi connectivity index (χ2v) is 8.17. The third-order valence-corrected chi connectivity index (χ3v) is 4.85. The van der Waals surface area contributed by atoms with E-state index in [-0.39, 0.29) is 0 Å². The van der Waals surface area contributed by atoms with Gasteiger partial charge in [0.1, 0.15) is 5.82 Å². The van der Waals surface area contributed by atoms with Gasteiger partial charge in [-0.2, -0.15) is 4.98 Å². The Labute approximate surface area is 178 Å². The normalized spacial score (nSPS) is 14.5. The van der Waals surface area contributed by atoms with Crippen molar-refractivity contribution in [1.29, 1.82) is 0 Å². The van der Waals surface area contributed by atoms with Crippen LogP contribution in [0.4, 0.5) is 17.5 Å². The van der Waals surface area contributed by atoms with Gasteiger partial charge < -0.3 is 30.1 Å². The predicted molar refractivity (Wildman–Crippen MR) is 119 cm³/mol. The van der Waals surface area contributed by atoms with Gasteiger partial charge in [-0.25, -0.2) is 4.98 Å². The largest absolute Gasteiger partial charge is 0.493 e. The molecule has 1 aliphatic heterocycles. The summed E-state index contributed by atoms with van der Waals surface area (Å²) >= 11 is 0. The van der Waals surface area contributed by atoms with E-state index in [1.54, 1.807) is 33.2 Å². The summed E-state index contributed by atoms with van der Waals surface area (Å²) in [6.45, 7) is 7.98. The first-order valence-corrected chi connectivity index (χ1v) is 10.5. The highest BCUT2D eigenvalue weighted by molar-refractivity contribution is 5.60. The van der Waals surface area contributed by atoms with Crippen LogP contribution in [0, 0.1) is 0 Å². The lowest BCUT2D eigenvalue weighted by Crippen LogP contribution is -2.29. The van der Waals surface area contributed by atoms with E-state index in [4.69, 9.17) is 9.47 Å². The van der Waals surface area contributed by atoms with Crippen molar-refractivity contribution in [2.45, 2.75) is 38.7 Å². The number of nitrogens with zero attached hydrogens (tertiary/aromatic N) is 3. The molecule has 0 saturated carbocycles. The van der Waals surface area contributed by atoms with Gasteiger partial charge in [-0.1, -0.05) is 0 Å². The number of methoxy groups -OCH3 is 1. The lowest BCUT2D eigenvalue weighted by atomic mass is 10.1. The Morgan fingerprint density at radius 2 is 1.97 bits per heavy atom. The smallest absolute Gasteiger partial charge is 0.229 e. The van der Waals surface area contributed by atoms with Crippen LogP contribution in [0.2, 0.25) is 0 Å². The molecule has 0 radical (unpaired) electrons. The average molecular weight is 416 g/mol. The summed E-state index contributed by atoms with van der Waals surface area (Å²) in [5, 5.41) is 16.2. The van der Waals surface area contributed by atoms with Crippen molar-refractivity contribution < 1.29 is 14.6 Å². The van der Waals surface area contributed by atoms with Crippen LogP contribution >= 0.6 is 0 Å². The highest BCUT2D eigenvalue weighted by Crippen LogP contribution is 2.31. The fourth-order valence-corrected chi connectivity index (χ4v) is 3.30. The van der Waals surface area contributed by atoms with Gasteiger partial charge in [0.15, 0.2) is 11.5 Å². The molecule has 3 rings (SSSR count). The van der Waals surface area contributed by atoms with Gasteiger partial charge in [-0.15, -0.1) is 0 Å². The SMILES string of the molecule is COc1ccc(Nc2nccc(NCC(C)(C)O)n2)cc1OCCCN1CCCC1. The van der Waals surface area contributed by atoms with Crippen molar-refractivity contribution in [2.75, 3.05) is 50.5 Å². The van der Waals surface area contributed by atoms with Gasteiger partial charge in [0.05, 0.1) is 19.3 Å². The summed E-state index contributed by atoms with van der Waals surface area (Å²) in [7, 11) is 1.64. The molecular weight excluding hydrogens is 382 g/mol. The molecule has 2 heterocycles. The number of ether oxygens (including phenoxy) is 2. The molecule has 1 fully saturated rings. The van der Waals surface area contributed by atoms with Crippen molar-refractivity contribution in [1.82, 2.24) is 14.9 Å². The van der Waals surface area contributed by atoms with Crippen LogP contribution in [-0.4, -0.2) is 65.5 Å². The second kappa shape index (κ2) is 10.4. The minimum Gasteiger partial charge on any atom is -0.493 e. The van der Waals surface area contributed by atoms with Crippen LogP contribution in [0.1, 0.15) is 33.1 Å². The zero-order valence-electron chi connectivity index (χ0n) is 18.1. The quantitative estimate of drug-likeness (QED) is 0.482. The predicted octanol–water partition coefficient (Wildman–Crippen LogP) is 3.28. The minimum atomic E-state index is -0.824. The monoisotopic (exact) mass is 415 g/mol. The fraction of sp³-hybridized carbons (Fsp3) is 0.545. The number of aromatic nitrogens is 2. The third kappa shape index (κ3) is 7.03. The van der Waals surface area contributed by atoms with E-state index in [0.29, 0.717) is 36.4 Å². The molecule has 30 heavy (non-hydrogen) atoms. The van der Waals surface area contributed by atoms with Gasteiger partial charge in [0.25, 0.3) is 0 Å². The lowest BCUT2D eigenvalue weighted by molar-refractivity contribution is 0.0944. The number of anilines is 3. The Morgan fingerprint density at radius 3 is 2.70 bits per heavy atom. The zero-order chi connectivity index (χ0) is 21.4. The lowest BCUT2D eigenvalue weighted by Gasteiger charge is -2.18. The number of rotatable bonds is 11. The van der Waals surface area contributed by atoms with Gasteiger partial charge in [0, 0.05) is 31.0 Å². The molecule has 1 aromatic heterocycles. The molecular formula is C22H33N5O3. The van der Waals surface area contributed by atoms with E-state index in [1.807, 2.05) is 18.2 Å². The number of likely N-dealkylation sites (tertiary alicyclic amines) is 1. The molecule has 2 aromatic rings. The molecule has 1 saturated heterocycles. The van der Waals surface area contributed by atoms with Crippen LogP contribution in [-0.2, 0) is 0 Å². The Balaban J connectivity index is 1.58. The van der Waals surface area contributed by atoms with E-state index in [2.05, 4.69) is 25.5 Å². The number of benzene rings is 1. The zero-order valence-corrected chi connectivity index (χ0v) is 18.1. The van der Waals surface area contributed by atoms with Crippen molar-refractivity contribution in [3.8, 4) is 11.5 Å². The molecule has 0 aliphatic carbocycles. The van der Waals surface area contributed by atoms with Gasteiger partial charge >= 0.3 is 0 Å². The molecule has 8 nitrogen and oxygen atoms in total. The maximum atomic E-state index is 9.86. The van der Waals surface area contributed by atoms with Crippen LogP contribution in [0.25, 0.3) is 0 Å². The molecule has 0 atom stereocenters. The molecule has 164 valence electrons. The molecule has 8 heteroatoms. The molecule has 0 bridgehead atoms. The summed E-state index contributed by atoms with van der Waals surface area (Å²) in [4.78, 5) is 11.2. The number of hydrogen-bond acceptors (Lipinski definition) is 8. The first-order chi connectivity index (χ1) is 14.4. The second-order valence-electron chi connectivity index (χ2n) is 8.17. The molecule has 3 N–H and O–H groups in total. The summed E-state index contributed by atoms with van der Waals surface area (Å²) in [5.74, 6) is 2.49. The van der Waals surface area contributed by atoms with E-state index in [0.717, 1.165) is 18.7 Å². The molecule has 1 aliphatic rings. The van der Waals surface area contributed by atoms with Crippen molar-refractivity contribution in [3.05, 3.63) is 30.5 Å². The van der Waals surface area contributed by atoms with E-state index < -0.39 is 5.60 Å². The topological polar surface area (TPSA) is 91.8 Å². The Bertz CT molecular complexity index is 804. The Morgan fingerprint density at radius 1 is 1.17 bits per heavy atom. The Kier molecular flexibility index (Phi) is 7.70. The number of aliphatic hydroxyl groups is 1. The molecule has 1 aromatic carbocycles. The van der Waals surface area contributed by atoms with Crippen molar-refractivity contribution >= 4 is 17.5 Å². The van der Waals surface area contributed by atoms with E-state index in [1.165, 1.54) is 25.9 Å². The maximum Gasteiger partial charge on any atom is 0.229 e. The minimum absolute atomic E-state index is 0.390. The van der Waals surface area contributed by atoms with Crippen molar-refractivity contribution in [3.63, 3.8) is 0 Å². The van der Waals surface area contributed by atoms with Gasteiger partial charge in [-0.05, 0) is 64.4 Å². The number of nitrogens with one attached hydrogen (secondary N) is 2. The van der Waals surface area contributed by atoms with Gasteiger partial charge in [0.2, 0.25) is 5.95 Å².